The minimum Gasteiger partial charge on any atom is -0.477 e. The predicted octanol–water partition coefficient (Wildman–Crippen LogP) is 2.88. The first-order chi connectivity index (χ1) is 8.00. The van der Waals surface area contributed by atoms with Crippen LogP contribution in [0.2, 0.25) is 5.02 Å². The summed E-state index contributed by atoms with van der Waals surface area (Å²) in [5.41, 5.74) is 1.29. The van der Waals surface area contributed by atoms with E-state index in [1.807, 2.05) is 13.8 Å². The summed E-state index contributed by atoms with van der Waals surface area (Å²) < 4.78 is 1.53. The molecule has 90 valence electrons. The maximum Gasteiger partial charge on any atom is 0.354 e. The lowest BCUT2D eigenvalue weighted by Crippen LogP contribution is -2.07. The van der Waals surface area contributed by atoms with Gasteiger partial charge in [0.1, 0.15) is 0 Å². The molecule has 2 heterocycles. The van der Waals surface area contributed by atoms with Crippen molar-refractivity contribution in [2.75, 3.05) is 0 Å². The summed E-state index contributed by atoms with van der Waals surface area (Å²) >= 11 is 6.01. The van der Waals surface area contributed by atoms with E-state index in [0.717, 1.165) is 0 Å². The Kier molecular flexibility index (Phi) is 3.07. The number of rotatable bonds is 3. The summed E-state index contributed by atoms with van der Waals surface area (Å²) in [5, 5.41) is 9.72. The van der Waals surface area contributed by atoms with Crippen LogP contribution in [0.3, 0.4) is 0 Å². The summed E-state index contributed by atoms with van der Waals surface area (Å²) in [6, 6.07) is 3.41. The number of carbonyl (C=O) groups is 1. The first-order valence-corrected chi connectivity index (χ1v) is 5.77. The van der Waals surface area contributed by atoms with Crippen molar-refractivity contribution in [2.45, 2.75) is 20.3 Å². The van der Waals surface area contributed by atoms with Gasteiger partial charge in [-0.25, -0.2) is 9.78 Å². The van der Waals surface area contributed by atoms with Crippen LogP contribution in [-0.2, 0) is 6.42 Å². The molecule has 0 bridgehead atoms. The average molecular weight is 253 g/mol. The van der Waals surface area contributed by atoms with Crippen LogP contribution < -0.4 is 0 Å². The van der Waals surface area contributed by atoms with E-state index < -0.39 is 5.97 Å². The number of aromatic carboxylic acids is 1. The highest BCUT2D eigenvalue weighted by Crippen LogP contribution is 2.21. The van der Waals surface area contributed by atoms with Gasteiger partial charge in [-0.05, 0) is 24.5 Å². The van der Waals surface area contributed by atoms with Crippen molar-refractivity contribution >= 4 is 23.2 Å². The molecule has 0 aromatic carbocycles. The number of nitrogens with zero attached hydrogens (tertiary/aromatic N) is 2. The van der Waals surface area contributed by atoms with Gasteiger partial charge in [0, 0.05) is 6.20 Å². The molecule has 0 fully saturated rings. The molecule has 2 rings (SSSR count). The smallest absolute Gasteiger partial charge is 0.354 e. The fourth-order valence-electron chi connectivity index (χ4n) is 1.84. The second-order valence-electron chi connectivity index (χ2n) is 4.36. The average Bonchev–Trinajstić information content (AvgIpc) is 2.56. The van der Waals surface area contributed by atoms with Crippen LogP contribution in [0.1, 0.15) is 30.0 Å². The first-order valence-electron chi connectivity index (χ1n) is 5.39. The number of carboxylic acids is 1. The van der Waals surface area contributed by atoms with Crippen LogP contribution in [0.15, 0.2) is 18.3 Å². The molecule has 0 atom stereocenters. The summed E-state index contributed by atoms with van der Waals surface area (Å²) in [4.78, 5) is 15.6. The minimum atomic E-state index is -0.976. The fraction of sp³-hybridized carbons (Fsp3) is 0.333. The fourth-order valence-corrected chi connectivity index (χ4v) is 2.04. The molecule has 0 aliphatic carbocycles. The lowest BCUT2D eigenvalue weighted by atomic mass is 10.1. The molecule has 0 unspecified atom stereocenters. The number of aromatic nitrogens is 2. The molecule has 0 radical (unpaired) electrons. The zero-order chi connectivity index (χ0) is 12.6. The zero-order valence-electron chi connectivity index (χ0n) is 9.64. The molecular weight excluding hydrogens is 240 g/mol. The van der Waals surface area contributed by atoms with Gasteiger partial charge in [0.15, 0.2) is 11.3 Å². The Morgan fingerprint density at radius 2 is 2.29 bits per heavy atom. The van der Waals surface area contributed by atoms with Crippen molar-refractivity contribution in [1.29, 1.82) is 0 Å². The van der Waals surface area contributed by atoms with E-state index in [-0.39, 0.29) is 5.69 Å². The Morgan fingerprint density at radius 1 is 1.59 bits per heavy atom. The third-order valence-corrected chi connectivity index (χ3v) is 2.77. The van der Waals surface area contributed by atoms with E-state index >= 15 is 0 Å². The number of halogens is 1. The van der Waals surface area contributed by atoms with Gasteiger partial charge in [0.2, 0.25) is 0 Å². The first kappa shape index (κ1) is 11.9. The van der Waals surface area contributed by atoms with Gasteiger partial charge in [0.05, 0.1) is 10.7 Å². The van der Waals surface area contributed by atoms with Crippen LogP contribution in [0.4, 0.5) is 0 Å². The molecule has 2 aromatic rings. The SMILES string of the molecule is CC(C)Cc1nc2c(Cl)cccn2c1C(=O)O. The highest BCUT2D eigenvalue weighted by molar-refractivity contribution is 6.33. The number of imidazole rings is 1. The lowest BCUT2D eigenvalue weighted by molar-refractivity contribution is 0.0688. The Morgan fingerprint density at radius 3 is 2.88 bits per heavy atom. The molecule has 0 aliphatic heterocycles. The van der Waals surface area contributed by atoms with Gasteiger partial charge < -0.3 is 5.11 Å². The number of hydrogen-bond donors (Lipinski definition) is 1. The maximum absolute atomic E-state index is 11.3. The lowest BCUT2D eigenvalue weighted by Gasteiger charge is -2.02. The van der Waals surface area contributed by atoms with Gasteiger partial charge in [-0.3, -0.25) is 4.40 Å². The van der Waals surface area contributed by atoms with Gasteiger partial charge >= 0.3 is 5.97 Å². The molecule has 0 saturated heterocycles. The van der Waals surface area contributed by atoms with Crippen LogP contribution in [0, 0.1) is 5.92 Å². The van der Waals surface area contributed by atoms with Crippen LogP contribution in [0.5, 0.6) is 0 Å². The van der Waals surface area contributed by atoms with E-state index in [2.05, 4.69) is 4.98 Å². The van der Waals surface area contributed by atoms with E-state index in [1.165, 1.54) is 4.40 Å². The zero-order valence-corrected chi connectivity index (χ0v) is 10.4. The van der Waals surface area contributed by atoms with Crippen molar-refractivity contribution in [1.82, 2.24) is 9.38 Å². The normalized spacial score (nSPS) is 11.3. The summed E-state index contributed by atoms with van der Waals surface area (Å²) in [7, 11) is 0. The van der Waals surface area contributed by atoms with Gasteiger partial charge in [0.25, 0.3) is 0 Å². The molecule has 0 aliphatic rings. The van der Waals surface area contributed by atoms with Crippen molar-refractivity contribution in [3.05, 3.63) is 34.7 Å². The van der Waals surface area contributed by atoms with E-state index in [0.29, 0.717) is 28.7 Å². The molecule has 5 heteroatoms. The van der Waals surface area contributed by atoms with Crippen molar-refractivity contribution in [2.24, 2.45) is 5.92 Å². The Hall–Kier alpha value is -1.55. The molecule has 0 saturated carbocycles. The topological polar surface area (TPSA) is 54.6 Å². The maximum atomic E-state index is 11.3. The van der Waals surface area contributed by atoms with Gasteiger partial charge in [-0.15, -0.1) is 0 Å². The van der Waals surface area contributed by atoms with Gasteiger partial charge in [-0.1, -0.05) is 25.4 Å². The molecule has 0 spiro atoms. The van der Waals surface area contributed by atoms with Gasteiger partial charge in [-0.2, -0.15) is 0 Å². The van der Waals surface area contributed by atoms with Crippen LogP contribution in [0.25, 0.3) is 5.65 Å². The van der Waals surface area contributed by atoms with Crippen molar-refractivity contribution in [3.63, 3.8) is 0 Å². The summed E-state index contributed by atoms with van der Waals surface area (Å²) in [5.74, 6) is -0.632. The van der Waals surface area contributed by atoms with Crippen molar-refractivity contribution < 1.29 is 9.90 Å². The Balaban J connectivity index is 2.70. The molecule has 17 heavy (non-hydrogen) atoms. The third kappa shape index (κ3) is 2.13. The van der Waals surface area contributed by atoms with E-state index in [9.17, 15) is 9.90 Å². The monoisotopic (exact) mass is 252 g/mol. The van der Waals surface area contributed by atoms with Crippen LogP contribution in [-0.4, -0.2) is 20.5 Å². The Bertz CT molecular complexity index is 575. The van der Waals surface area contributed by atoms with Crippen LogP contribution >= 0.6 is 11.6 Å². The highest BCUT2D eigenvalue weighted by Gasteiger charge is 2.20. The number of fused-ring (bicyclic) bond motifs is 1. The standard InChI is InChI=1S/C12H13ClN2O2/c1-7(2)6-9-10(12(16)17)15-5-3-4-8(13)11(15)14-9/h3-5,7H,6H2,1-2H3,(H,16,17). The van der Waals surface area contributed by atoms with Crippen molar-refractivity contribution in [3.8, 4) is 0 Å². The minimum absolute atomic E-state index is 0.205. The summed E-state index contributed by atoms with van der Waals surface area (Å²) in [6.45, 7) is 4.05. The number of hydrogen-bond acceptors (Lipinski definition) is 2. The second-order valence-corrected chi connectivity index (χ2v) is 4.77. The van der Waals surface area contributed by atoms with E-state index in [1.54, 1.807) is 18.3 Å². The summed E-state index contributed by atoms with van der Waals surface area (Å²) in [6.07, 6.45) is 2.29. The molecule has 2 aromatic heterocycles. The molecule has 0 amide bonds. The number of carboxylic acid groups (broad SMARTS) is 1. The molecule has 1 N–H and O–H groups in total. The number of pyridine rings is 1. The Labute approximate surface area is 104 Å². The second kappa shape index (κ2) is 4.37. The third-order valence-electron chi connectivity index (χ3n) is 2.48. The largest absolute Gasteiger partial charge is 0.477 e. The quantitative estimate of drug-likeness (QED) is 0.914. The highest BCUT2D eigenvalue weighted by atomic mass is 35.5. The molecular formula is C12H13ClN2O2. The van der Waals surface area contributed by atoms with E-state index in [4.69, 9.17) is 11.6 Å². The molecule has 4 nitrogen and oxygen atoms in total. The predicted molar refractivity (Wildman–Crippen MR) is 65.7 cm³/mol.